The maximum absolute atomic E-state index is 12.2. The number of hydrogen-bond acceptors (Lipinski definition) is 2. The van der Waals surface area contributed by atoms with Crippen LogP contribution in [0.4, 0.5) is 5.82 Å². The highest BCUT2D eigenvalue weighted by atomic mass is 35.5. The van der Waals surface area contributed by atoms with Gasteiger partial charge in [-0.25, -0.2) is 4.98 Å². The molecule has 0 aromatic carbocycles. The van der Waals surface area contributed by atoms with Gasteiger partial charge in [0.1, 0.15) is 11.5 Å². The van der Waals surface area contributed by atoms with Gasteiger partial charge in [-0.1, -0.05) is 23.2 Å². The average Bonchev–Trinajstić information content (AvgIpc) is 2.71. The van der Waals surface area contributed by atoms with Crippen LogP contribution in [0.3, 0.4) is 0 Å². The molecule has 0 radical (unpaired) electrons. The molecule has 1 amide bonds. The summed E-state index contributed by atoms with van der Waals surface area (Å²) in [6.07, 6.45) is 3.26. The molecule has 0 spiro atoms. The Hall–Kier alpha value is -1.52. The Kier molecular flexibility index (Phi) is 4.12. The van der Waals surface area contributed by atoms with Gasteiger partial charge in [0.05, 0.1) is 5.02 Å². The van der Waals surface area contributed by atoms with Crippen LogP contribution in [-0.2, 0) is 0 Å². The summed E-state index contributed by atoms with van der Waals surface area (Å²) < 4.78 is 1.81. The predicted molar refractivity (Wildman–Crippen MR) is 77.0 cm³/mol. The van der Waals surface area contributed by atoms with Gasteiger partial charge < -0.3 is 9.88 Å². The summed E-state index contributed by atoms with van der Waals surface area (Å²) >= 11 is 11.8. The maximum Gasteiger partial charge on any atom is 0.273 e. The van der Waals surface area contributed by atoms with Crippen LogP contribution in [0.1, 0.15) is 30.4 Å². The van der Waals surface area contributed by atoms with Crippen molar-refractivity contribution < 1.29 is 4.79 Å². The minimum Gasteiger partial charge on any atom is -0.339 e. The third-order valence-electron chi connectivity index (χ3n) is 2.57. The van der Waals surface area contributed by atoms with Gasteiger partial charge in [0.15, 0.2) is 0 Å². The summed E-state index contributed by atoms with van der Waals surface area (Å²) in [6.45, 7) is 3.95. The Balaban J connectivity index is 2.25. The summed E-state index contributed by atoms with van der Waals surface area (Å²) in [4.78, 5) is 16.2. The topological polar surface area (TPSA) is 46.9 Å². The molecule has 100 valence electrons. The van der Waals surface area contributed by atoms with Crippen LogP contribution in [0.25, 0.3) is 0 Å². The molecule has 2 aromatic rings. The maximum atomic E-state index is 12.2. The quantitative estimate of drug-likeness (QED) is 0.930. The lowest BCUT2D eigenvalue weighted by Gasteiger charge is -2.12. The van der Waals surface area contributed by atoms with Crippen LogP contribution in [0, 0.1) is 0 Å². The fourth-order valence-electron chi connectivity index (χ4n) is 1.71. The van der Waals surface area contributed by atoms with Gasteiger partial charge in [0.2, 0.25) is 0 Å². The third-order valence-corrected chi connectivity index (χ3v) is 3.01. The Bertz CT molecular complexity index is 608. The molecule has 0 bridgehead atoms. The van der Waals surface area contributed by atoms with E-state index in [1.165, 1.54) is 6.20 Å². The van der Waals surface area contributed by atoms with Crippen molar-refractivity contribution in [2.24, 2.45) is 0 Å². The lowest BCUT2D eigenvalue weighted by Crippen LogP contribution is -2.18. The van der Waals surface area contributed by atoms with E-state index in [0.29, 0.717) is 21.6 Å². The second-order valence-corrected chi connectivity index (χ2v) is 5.23. The molecule has 19 heavy (non-hydrogen) atoms. The fourth-order valence-corrected chi connectivity index (χ4v) is 2.08. The van der Waals surface area contributed by atoms with Crippen LogP contribution in [0.15, 0.2) is 30.6 Å². The number of hydrogen-bond donors (Lipinski definition) is 1. The van der Waals surface area contributed by atoms with Gasteiger partial charge in [-0.15, -0.1) is 0 Å². The zero-order valence-electron chi connectivity index (χ0n) is 10.5. The number of carbonyl (C=O) groups excluding carboxylic acids is 1. The Labute approximate surface area is 121 Å². The first kappa shape index (κ1) is 13.9. The monoisotopic (exact) mass is 297 g/mol. The van der Waals surface area contributed by atoms with Crippen LogP contribution < -0.4 is 5.32 Å². The lowest BCUT2D eigenvalue weighted by atomic mass is 10.3. The van der Waals surface area contributed by atoms with Crippen molar-refractivity contribution in [1.82, 2.24) is 9.55 Å². The van der Waals surface area contributed by atoms with E-state index in [9.17, 15) is 4.79 Å². The van der Waals surface area contributed by atoms with Crippen LogP contribution in [0.5, 0.6) is 0 Å². The minimum absolute atomic E-state index is 0.139. The number of halogens is 2. The van der Waals surface area contributed by atoms with E-state index in [1.807, 2.05) is 18.4 Å². The van der Waals surface area contributed by atoms with Gasteiger partial charge in [-0.3, -0.25) is 4.79 Å². The highest BCUT2D eigenvalue weighted by molar-refractivity contribution is 6.31. The minimum atomic E-state index is -0.268. The first-order valence-corrected chi connectivity index (χ1v) is 6.53. The normalized spacial score (nSPS) is 10.8. The van der Waals surface area contributed by atoms with Crippen LogP contribution in [0.2, 0.25) is 10.0 Å². The lowest BCUT2D eigenvalue weighted by molar-refractivity contribution is 0.101. The molecule has 1 N–H and O–H groups in total. The largest absolute Gasteiger partial charge is 0.339 e. The number of pyridine rings is 1. The Morgan fingerprint density at radius 1 is 1.32 bits per heavy atom. The molecule has 2 aromatic heterocycles. The van der Waals surface area contributed by atoms with Crippen molar-refractivity contribution in [3.05, 3.63) is 46.3 Å². The number of aromatic nitrogens is 2. The van der Waals surface area contributed by atoms with Crippen molar-refractivity contribution in [1.29, 1.82) is 0 Å². The molecular formula is C13H13Cl2N3O. The van der Waals surface area contributed by atoms with Gasteiger partial charge in [0, 0.05) is 23.5 Å². The molecule has 0 aliphatic carbocycles. The summed E-state index contributed by atoms with van der Waals surface area (Å²) in [7, 11) is 0. The molecular weight excluding hydrogens is 285 g/mol. The smallest absolute Gasteiger partial charge is 0.273 e. The van der Waals surface area contributed by atoms with E-state index >= 15 is 0 Å². The van der Waals surface area contributed by atoms with Gasteiger partial charge in [-0.2, -0.15) is 0 Å². The van der Waals surface area contributed by atoms with E-state index in [0.717, 1.165) is 0 Å². The zero-order chi connectivity index (χ0) is 14.0. The molecule has 0 fully saturated rings. The number of amides is 1. The predicted octanol–water partition coefficient (Wildman–Crippen LogP) is 4.02. The molecule has 0 saturated heterocycles. The summed E-state index contributed by atoms with van der Waals surface area (Å²) in [6, 6.07) is 5.00. The van der Waals surface area contributed by atoms with Crippen molar-refractivity contribution in [2.75, 3.05) is 5.32 Å². The molecule has 2 rings (SSSR count). The fraction of sp³-hybridized carbons (Fsp3) is 0.231. The summed E-state index contributed by atoms with van der Waals surface area (Å²) in [5, 5.41) is 3.74. The van der Waals surface area contributed by atoms with Crippen LogP contribution >= 0.6 is 23.2 Å². The van der Waals surface area contributed by atoms with E-state index in [1.54, 1.807) is 24.4 Å². The Morgan fingerprint density at radius 3 is 2.68 bits per heavy atom. The molecule has 0 saturated carbocycles. The van der Waals surface area contributed by atoms with Crippen molar-refractivity contribution >= 4 is 34.9 Å². The van der Waals surface area contributed by atoms with Crippen molar-refractivity contribution in [3.63, 3.8) is 0 Å². The summed E-state index contributed by atoms with van der Waals surface area (Å²) in [5.74, 6) is 0.139. The zero-order valence-corrected chi connectivity index (χ0v) is 12.0. The first-order valence-electron chi connectivity index (χ1n) is 5.77. The molecule has 0 aliphatic heterocycles. The number of anilines is 1. The third kappa shape index (κ3) is 3.28. The van der Waals surface area contributed by atoms with Gasteiger partial charge in [-0.05, 0) is 32.0 Å². The molecule has 0 atom stereocenters. The second-order valence-electron chi connectivity index (χ2n) is 4.36. The summed E-state index contributed by atoms with van der Waals surface area (Å²) in [5.41, 5.74) is 0.488. The van der Waals surface area contributed by atoms with E-state index < -0.39 is 0 Å². The van der Waals surface area contributed by atoms with E-state index in [2.05, 4.69) is 10.3 Å². The molecule has 0 unspecified atom stereocenters. The van der Waals surface area contributed by atoms with Crippen LogP contribution in [-0.4, -0.2) is 15.5 Å². The van der Waals surface area contributed by atoms with Crippen molar-refractivity contribution in [3.8, 4) is 0 Å². The number of nitrogens with zero attached hydrogens (tertiary/aromatic N) is 2. The number of nitrogens with one attached hydrogen (secondary N) is 1. The van der Waals surface area contributed by atoms with Gasteiger partial charge >= 0.3 is 0 Å². The highest BCUT2D eigenvalue weighted by Gasteiger charge is 2.15. The molecule has 6 heteroatoms. The highest BCUT2D eigenvalue weighted by Crippen LogP contribution is 2.20. The molecule has 2 heterocycles. The average molecular weight is 298 g/mol. The first-order chi connectivity index (χ1) is 8.97. The standard InChI is InChI=1S/C13H13Cl2N3O/c1-8(2)18-7-10(15)5-11(18)13(19)17-12-6-9(14)3-4-16-12/h3-8H,1-2H3,(H,16,17,19). The van der Waals surface area contributed by atoms with E-state index in [-0.39, 0.29) is 11.9 Å². The second kappa shape index (κ2) is 5.63. The van der Waals surface area contributed by atoms with Gasteiger partial charge in [0.25, 0.3) is 5.91 Å². The van der Waals surface area contributed by atoms with Crippen molar-refractivity contribution in [2.45, 2.75) is 19.9 Å². The Morgan fingerprint density at radius 2 is 2.05 bits per heavy atom. The van der Waals surface area contributed by atoms with E-state index in [4.69, 9.17) is 23.2 Å². The number of rotatable bonds is 3. The molecule has 0 aliphatic rings. The SMILES string of the molecule is CC(C)n1cc(Cl)cc1C(=O)Nc1cc(Cl)ccn1. The number of carbonyl (C=O) groups is 1. The molecule has 4 nitrogen and oxygen atoms in total.